The van der Waals surface area contributed by atoms with Gasteiger partial charge in [-0.2, -0.15) is 0 Å². The topological polar surface area (TPSA) is 64.2 Å². The number of methoxy groups -OCH3 is 1. The van der Waals surface area contributed by atoms with Crippen molar-refractivity contribution < 1.29 is 14.3 Å². The molecule has 0 amide bonds. The largest absolute Gasteiger partial charge is 0.494 e. The van der Waals surface area contributed by atoms with Crippen LogP contribution in [0.15, 0.2) is 29.4 Å². The highest BCUT2D eigenvalue weighted by atomic mass is 35.5. The SMILES string of the molecule is CCOc1ccc2nc(SCc3cc(C(=O)OC)sc3Cl)[nH]c2c1. The molecule has 0 radical (unpaired) electrons. The lowest BCUT2D eigenvalue weighted by molar-refractivity contribution is 0.0606. The predicted molar refractivity (Wildman–Crippen MR) is 97.5 cm³/mol. The average Bonchev–Trinajstić information content (AvgIpc) is 3.15. The van der Waals surface area contributed by atoms with Crippen LogP contribution >= 0.6 is 34.7 Å². The first-order valence-electron chi connectivity index (χ1n) is 7.22. The van der Waals surface area contributed by atoms with Gasteiger partial charge in [0.2, 0.25) is 0 Å². The molecule has 0 saturated heterocycles. The number of H-pyrrole nitrogens is 1. The zero-order chi connectivity index (χ0) is 17.1. The number of benzene rings is 1. The molecule has 0 aliphatic rings. The normalized spacial score (nSPS) is 11.0. The number of thiophene rings is 1. The van der Waals surface area contributed by atoms with Crippen LogP contribution in [0.5, 0.6) is 5.75 Å². The van der Waals surface area contributed by atoms with Gasteiger partial charge in [-0.3, -0.25) is 0 Å². The van der Waals surface area contributed by atoms with E-state index < -0.39 is 0 Å². The summed E-state index contributed by atoms with van der Waals surface area (Å²) >= 11 is 8.95. The van der Waals surface area contributed by atoms with Crippen LogP contribution < -0.4 is 4.74 Å². The number of hydrogen-bond donors (Lipinski definition) is 1. The summed E-state index contributed by atoms with van der Waals surface area (Å²) in [4.78, 5) is 19.9. The van der Waals surface area contributed by atoms with Crippen LogP contribution in [0, 0.1) is 0 Å². The summed E-state index contributed by atoms with van der Waals surface area (Å²) in [7, 11) is 1.36. The molecule has 8 heteroatoms. The van der Waals surface area contributed by atoms with Gasteiger partial charge < -0.3 is 14.5 Å². The molecule has 0 spiro atoms. The van der Waals surface area contributed by atoms with Gasteiger partial charge in [0, 0.05) is 11.8 Å². The van der Waals surface area contributed by atoms with Crippen molar-refractivity contribution in [3.05, 3.63) is 39.0 Å². The molecule has 24 heavy (non-hydrogen) atoms. The molecule has 1 aromatic carbocycles. The lowest BCUT2D eigenvalue weighted by Crippen LogP contribution is -1.97. The Morgan fingerprint density at radius 2 is 2.25 bits per heavy atom. The molecule has 2 heterocycles. The van der Waals surface area contributed by atoms with Crippen LogP contribution in [0.3, 0.4) is 0 Å². The van der Waals surface area contributed by atoms with Gasteiger partial charge in [-0.1, -0.05) is 23.4 Å². The van der Waals surface area contributed by atoms with E-state index >= 15 is 0 Å². The van der Waals surface area contributed by atoms with Crippen LogP contribution in [0.4, 0.5) is 0 Å². The molecule has 0 bridgehead atoms. The van der Waals surface area contributed by atoms with E-state index in [0.29, 0.717) is 21.6 Å². The summed E-state index contributed by atoms with van der Waals surface area (Å²) in [5.41, 5.74) is 2.70. The highest BCUT2D eigenvalue weighted by molar-refractivity contribution is 7.98. The monoisotopic (exact) mass is 382 g/mol. The first kappa shape index (κ1) is 17.1. The highest BCUT2D eigenvalue weighted by Gasteiger charge is 2.14. The molecule has 0 aliphatic carbocycles. The number of thioether (sulfide) groups is 1. The first-order valence-corrected chi connectivity index (χ1v) is 9.40. The number of esters is 1. The van der Waals surface area contributed by atoms with E-state index in [2.05, 4.69) is 9.97 Å². The summed E-state index contributed by atoms with van der Waals surface area (Å²) in [6.07, 6.45) is 0. The molecule has 5 nitrogen and oxygen atoms in total. The predicted octanol–water partition coefficient (Wildman–Crippen LogP) is 4.76. The van der Waals surface area contributed by atoms with Crippen molar-refractivity contribution in [2.75, 3.05) is 13.7 Å². The summed E-state index contributed by atoms with van der Waals surface area (Å²) < 4.78 is 10.8. The van der Waals surface area contributed by atoms with Crippen LogP contribution in [0.25, 0.3) is 11.0 Å². The number of nitrogens with zero attached hydrogens (tertiary/aromatic N) is 1. The Morgan fingerprint density at radius 3 is 3.00 bits per heavy atom. The second-order valence-corrected chi connectivity index (χ2v) is 7.46. The number of carbonyl (C=O) groups is 1. The van der Waals surface area contributed by atoms with Crippen molar-refractivity contribution in [3.63, 3.8) is 0 Å². The van der Waals surface area contributed by atoms with E-state index in [9.17, 15) is 4.79 Å². The Morgan fingerprint density at radius 1 is 1.42 bits per heavy atom. The highest BCUT2D eigenvalue weighted by Crippen LogP contribution is 2.33. The maximum Gasteiger partial charge on any atom is 0.348 e. The molecule has 0 fully saturated rings. The molecular formula is C16H15ClN2O3S2. The summed E-state index contributed by atoms with van der Waals surface area (Å²) in [6.45, 7) is 2.58. The van der Waals surface area contributed by atoms with Gasteiger partial charge in [0.05, 0.1) is 29.1 Å². The second kappa shape index (κ2) is 7.46. The molecular weight excluding hydrogens is 368 g/mol. The Kier molecular flexibility index (Phi) is 5.33. The Balaban J connectivity index is 1.73. The minimum atomic E-state index is -0.370. The lowest BCUT2D eigenvalue weighted by atomic mass is 10.3. The summed E-state index contributed by atoms with van der Waals surface area (Å²) in [5.74, 6) is 1.06. The maximum atomic E-state index is 11.5. The molecule has 0 aliphatic heterocycles. The van der Waals surface area contributed by atoms with Crippen LogP contribution in [0.2, 0.25) is 4.34 Å². The Bertz CT molecular complexity index is 875. The lowest BCUT2D eigenvalue weighted by Gasteiger charge is -2.00. The Labute approximate surface area is 152 Å². The van der Waals surface area contributed by atoms with E-state index in [-0.39, 0.29) is 5.97 Å². The number of halogens is 1. The average molecular weight is 383 g/mol. The van der Waals surface area contributed by atoms with E-state index in [1.54, 1.807) is 6.07 Å². The Hall–Kier alpha value is -1.70. The van der Waals surface area contributed by atoms with E-state index in [4.69, 9.17) is 21.1 Å². The molecule has 126 valence electrons. The van der Waals surface area contributed by atoms with Gasteiger partial charge in [0.25, 0.3) is 0 Å². The van der Waals surface area contributed by atoms with E-state index in [1.165, 1.54) is 30.2 Å². The van der Waals surface area contributed by atoms with Crippen molar-refractivity contribution in [2.24, 2.45) is 0 Å². The third-order valence-electron chi connectivity index (χ3n) is 3.25. The van der Waals surface area contributed by atoms with Gasteiger partial charge in [-0.05, 0) is 30.7 Å². The smallest absolute Gasteiger partial charge is 0.348 e. The van der Waals surface area contributed by atoms with Crippen molar-refractivity contribution in [1.82, 2.24) is 9.97 Å². The zero-order valence-electron chi connectivity index (χ0n) is 13.1. The number of ether oxygens (including phenoxy) is 2. The molecule has 0 saturated carbocycles. The number of hydrogen-bond acceptors (Lipinski definition) is 6. The summed E-state index contributed by atoms with van der Waals surface area (Å²) in [5, 5.41) is 0.792. The van der Waals surface area contributed by atoms with Gasteiger partial charge in [0.15, 0.2) is 5.16 Å². The number of rotatable bonds is 6. The molecule has 3 aromatic rings. The van der Waals surface area contributed by atoms with Gasteiger partial charge >= 0.3 is 5.97 Å². The third-order valence-corrected chi connectivity index (χ3v) is 5.59. The molecule has 1 N–H and O–H groups in total. The van der Waals surface area contributed by atoms with Crippen molar-refractivity contribution in [2.45, 2.75) is 17.8 Å². The zero-order valence-corrected chi connectivity index (χ0v) is 15.5. The fraction of sp³-hybridized carbons (Fsp3) is 0.250. The van der Waals surface area contributed by atoms with Crippen LogP contribution in [0.1, 0.15) is 22.2 Å². The third kappa shape index (κ3) is 3.68. The van der Waals surface area contributed by atoms with Crippen LogP contribution in [-0.2, 0) is 10.5 Å². The minimum Gasteiger partial charge on any atom is -0.494 e. The second-order valence-electron chi connectivity index (χ2n) is 4.84. The van der Waals surface area contributed by atoms with Crippen LogP contribution in [-0.4, -0.2) is 29.7 Å². The fourth-order valence-corrected chi connectivity index (χ4v) is 4.37. The van der Waals surface area contributed by atoms with Crippen molar-refractivity contribution in [3.8, 4) is 5.75 Å². The number of aromatic nitrogens is 2. The van der Waals surface area contributed by atoms with E-state index in [1.807, 2.05) is 25.1 Å². The van der Waals surface area contributed by atoms with Gasteiger partial charge in [-0.25, -0.2) is 9.78 Å². The fourth-order valence-electron chi connectivity index (χ4n) is 2.14. The molecule has 0 atom stereocenters. The van der Waals surface area contributed by atoms with E-state index in [0.717, 1.165) is 27.5 Å². The number of imidazole rings is 1. The first-order chi connectivity index (χ1) is 11.6. The number of carbonyl (C=O) groups excluding carboxylic acids is 1. The molecule has 3 rings (SSSR count). The standard InChI is InChI=1S/C16H15ClN2O3S2/c1-3-22-10-4-5-11-12(7-10)19-16(18-11)23-8-9-6-13(15(20)21-2)24-14(9)17/h4-7H,3,8H2,1-2H3,(H,18,19). The quantitative estimate of drug-likeness (QED) is 0.492. The molecule has 2 aromatic heterocycles. The minimum absolute atomic E-state index is 0.370. The van der Waals surface area contributed by atoms with Gasteiger partial charge in [-0.15, -0.1) is 11.3 Å². The van der Waals surface area contributed by atoms with Gasteiger partial charge in [0.1, 0.15) is 10.6 Å². The van der Waals surface area contributed by atoms with Crippen molar-refractivity contribution >= 4 is 51.7 Å². The number of fused-ring (bicyclic) bond motifs is 1. The summed E-state index contributed by atoms with van der Waals surface area (Å²) in [6, 6.07) is 7.53. The number of nitrogens with one attached hydrogen (secondary N) is 1. The molecule has 0 unspecified atom stereocenters. The number of aromatic amines is 1. The van der Waals surface area contributed by atoms with Crippen molar-refractivity contribution in [1.29, 1.82) is 0 Å². The maximum absolute atomic E-state index is 11.5.